The van der Waals surface area contributed by atoms with Gasteiger partial charge >= 0.3 is 0 Å². The van der Waals surface area contributed by atoms with E-state index in [1.807, 2.05) is 51.1 Å². The average Bonchev–Trinajstić information content (AvgIpc) is 2.68. The molecule has 1 heterocycles. The molecule has 0 radical (unpaired) electrons. The highest BCUT2D eigenvalue weighted by atomic mass is 79.9. The van der Waals surface area contributed by atoms with Crippen molar-refractivity contribution in [2.24, 2.45) is 0 Å². The van der Waals surface area contributed by atoms with Gasteiger partial charge in [0, 0.05) is 21.4 Å². The summed E-state index contributed by atoms with van der Waals surface area (Å²) < 4.78 is 6.21. The summed E-state index contributed by atoms with van der Waals surface area (Å²) in [5.74, 6) is -0.189. The minimum Gasteiger partial charge on any atom is -0.495 e. The largest absolute Gasteiger partial charge is 0.495 e. The number of benzene rings is 2. The Kier molecular flexibility index (Phi) is 6.09. The van der Waals surface area contributed by atoms with Gasteiger partial charge < -0.3 is 15.4 Å². The van der Waals surface area contributed by atoms with Crippen molar-refractivity contribution in [1.82, 2.24) is 5.32 Å². The average molecular weight is 452 g/mol. The highest BCUT2D eigenvalue weighted by Gasteiger charge is 2.34. The maximum atomic E-state index is 13.4. The van der Waals surface area contributed by atoms with Gasteiger partial charge in [-0.1, -0.05) is 40.2 Å². The number of methoxy groups -OCH3 is 1. The third-order valence-electron chi connectivity index (χ3n) is 4.95. The minimum atomic E-state index is -0.481. The van der Waals surface area contributed by atoms with Gasteiger partial charge in [-0.25, -0.2) is 0 Å². The molecular formula is C23H22BrN3O2. The molecule has 2 N–H and O–H groups in total. The van der Waals surface area contributed by atoms with Gasteiger partial charge in [0.25, 0.3) is 5.91 Å². The normalized spacial score (nSPS) is 16.2. The molecule has 2 aromatic carbocycles. The van der Waals surface area contributed by atoms with Gasteiger partial charge in [0.05, 0.1) is 30.4 Å². The van der Waals surface area contributed by atoms with Gasteiger partial charge in [0.15, 0.2) is 0 Å². The summed E-state index contributed by atoms with van der Waals surface area (Å²) in [7, 11) is 1.56. The van der Waals surface area contributed by atoms with E-state index in [9.17, 15) is 10.1 Å². The van der Waals surface area contributed by atoms with E-state index in [0.717, 1.165) is 21.3 Å². The third kappa shape index (κ3) is 4.06. The number of nitrogens with zero attached hydrogens (tertiary/aromatic N) is 1. The number of dihydropyridines is 1. The van der Waals surface area contributed by atoms with E-state index in [-0.39, 0.29) is 5.91 Å². The third-order valence-corrected chi connectivity index (χ3v) is 5.63. The molecule has 1 unspecified atom stereocenters. The number of hydrogen-bond donors (Lipinski definition) is 2. The zero-order valence-electron chi connectivity index (χ0n) is 16.8. The van der Waals surface area contributed by atoms with Crippen LogP contribution in [0.2, 0.25) is 0 Å². The van der Waals surface area contributed by atoms with E-state index in [0.29, 0.717) is 28.3 Å². The summed E-state index contributed by atoms with van der Waals surface area (Å²) >= 11 is 3.62. The zero-order chi connectivity index (χ0) is 21.1. The van der Waals surface area contributed by atoms with Crippen molar-refractivity contribution in [3.63, 3.8) is 0 Å². The summed E-state index contributed by atoms with van der Waals surface area (Å²) in [5.41, 5.74) is 5.02. The first-order valence-corrected chi connectivity index (χ1v) is 9.95. The van der Waals surface area contributed by atoms with Crippen LogP contribution in [0.5, 0.6) is 5.75 Å². The van der Waals surface area contributed by atoms with Crippen LogP contribution in [0, 0.1) is 18.3 Å². The Bertz CT molecular complexity index is 1080. The zero-order valence-corrected chi connectivity index (χ0v) is 18.3. The summed E-state index contributed by atoms with van der Waals surface area (Å²) in [6.45, 7) is 5.70. The number of nitrogens with one attached hydrogen (secondary N) is 2. The number of carbonyl (C=O) groups excluding carboxylic acids is 1. The first-order valence-electron chi connectivity index (χ1n) is 9.16. The lowest BCUT2D eigenvalue weighted by atomic mass is 9.80. The van der Waals surface area contributed by atoms with Gasteiger partial charge in [-0.3, -0.25) is 4.79 Å². The van der Waals surface area contributed by atoms with Crippen LogP contribution in [0.3, 0.4) is 0 Å². The van der Waals surface area contributed by atoms with E-state index in [1.165, 1.54) is 0 Å². The molecule has 2 aromatic rings. The highest BCUT2D eigenvalue weighted by Crippen LogP contribution is 2.41. The summed E-state index contributed by atoms with van der Waals surface area (Å²) in [6.07, 6.45) is 0. The number of ether oxygens (including phenoxy) is 1. The van der Waals surface area contributed by atoms with Crippen LogP contribution in [0.1, 0.15) is 30.9 Å². The maximum absolute atomic E-state index is 13.4. The number of anilines is 1. The number of amides is 1. The van der Waals surface area contributed by atoms with E-state index < -0.39 is 5.92 Å². The SMILES string of the molecule is COc1ccccc1NC(=O)C1=C(C)NC(C)=C(C#N)C1c1ccc(C)cc1Br. The molecule has 1 atom stereocenters. The van der Waals surface area contributed by atoms with Crippen molar-refractivity contribution in [1.29, 1.82) is 5.26 Å². The van der Waals surface area contributed by atoms with Crippen molar-refractivity contribution in [2.75, 3.05) is 12.4 Å². The Labute approximate surface area is 179 Å². The Morgan fingerprint density at radius 1 is 1.17 bits per heavy atom. The molecule has 1 amide bonds. The molecule has 0 fully saturated rings. The number of hydrogen-bond acceptors (Lipinski definition) is 4. The van der Waals surface area contributed by atoms with Crippen molar-refractivity contribution < 1.29 is 9.53 Å². The summed E-state index contributed by atoms with van der Waals surface area (Å²) in [4.78, 5) is 13.4. The molecule has 6 heteroatoms. The molecule has 148 valence electrons. The van der Waals surface area contributed by atoms with Crippen LogP contribution >= 0.6 is 15.9 Å². The summed E-state index contributed by atoms with van der Waals surface area (Å²) in [6, 6.07) is 15.5. The van der Waals surface area contributed by atoms with Crippen molar-refractivity contribution >= 4 is 27.5 Å². The fraction of sp³-hybridized carbons (Fsp3) is 0.217. The van der Waals surface area contributed by atoms with E-state index in [2.05, 4.69) is 32.6 Å². The monoisotopic (exact) mass is 451 g/mol. The standard InChI is InChI=1S/C23H22BrN3O2/c1-13-9-10-16(18(24)11-13)22-17(12-25)14(2)26-15(3)21(22)23(28)27-19-7-5-6-8-20(19)29-4/h5-11,22,26H,1-4H3,(H,27,28). The second-order valence-corrected chi connectivity index (χ2v) is 7.78. The van der Waals surface area contributed by atoms with Crippen molar-refractivity contribution in [3.05, 3.63) is 80.6 Å². The Morgan fingerprint density at radius 3 is 2.55 bits per heavy atom. The Morgan fingerprint density at radius 2 is 1.90 bits per heavy atom. The van der Waals surface area contributed by atoms with E-state index in [1.54, 1.807) is 19.2 Å². The lowest BCUT2D eigenvalue weighted by Crippen LogP contribution is -2.30. The smallest absolute Gasteiger partial charge is 0.254 e. The van der Waals surface area contributed by atoms with Gasteiger partial charge in [0.1, 0.15) is 5.75 Å². The molecule has 0 spiro atoms. The number of rotatable bonds is 4. The van der Waals surface area contributed by atoms with Crippen LogP contribution in [0.4, 0.5) is 5.69 Å². The molecule has 0 aliphatic carbocycles. The van der Waals surface area contributed by atoms with Crippen molar-refractivity contribution in [3.8, 4) is 11.8 Å². The number of aryl methyl sites for hydroxylation is 1. The fourth-order valence-corrected chi connectivity index (χ4v) is 4.28. The number of nitriles is 1. The van der Waals surface area contributed by atoms with Crippen LogP contribution in [0.15, 0.2) is 69.5 Å². The number of carbonyl (C=O) groups is 1. The predicted molar refractivity (Wildman–Crippen MR) is 117 cm³/mol. The number of para-hydroxylation sites is 2. The van der Waals surface area contributed by atoms with Gasteiger partial charge in [0.2, 0.25) is 0 Å². The number of allylic oxidation sites excluding steroid dienone is 3. The van der Waals surface area contributed by atoms with Crippen LogP contribution in [-0.2, 0) is 4.79 Å². The molecule has 29 heavy (non-hydrogen) atoms. The first-order chi connectivity index (χ1) is 13.9. The lowest BCUT2D eigenvalue weighted by molar-refractivity contribution is -0.113. The Balaban J connectivity index is 2.10. The molecule has 1 aliphatic heterocycles. The van der Waals surface area contributed by atoms with Gasteiger partial charge in [-0.05, 0) is 50.1 Å². The van der Waals surface area contributed by atoms with E-state index >= 15 is 0 Å². The Hall–Kier alpha value is -3.04. The molecule has 3 rings (SSSR count). The van der Waals surface area contributed by atoms with Crippen molar-refractivity contribution in [2.45, 2.75) is 26.7 Å². The molecule has 1 aliphatic rings. The molecular weight excluding hydrogens is 430 g/mol. The second-order valence-electron chi connectivity index (χ2n) is 6.93. The molecule has 0 bridgehead atoms. The van der Waals surface area contributed by atoms with Gasteiger partial charge in [-0.15, -0.1) is 0 Å². The fourth-order valence-electron chi connectivity index (χ4n) is 3.56. The highest BCUT2D eigenvalue weighted by molar-refractivity contribution is 9.10. The topological polar surface area (TPSA) is 74.2 Å². The van der Waals surface area contributed by atoms with Gasteiger partial charge in [-0.2, -0.15) is 5.26 Å². The molecule has 0 saturated carbocycles. The minimum absolute atomic E-state index is 0.280. The quantitative estimate of drug-likeness (QED) is 0.672. The van der Waals surface area contributed by atoms with Crippen LogP contribution in [0.25, 0.3) is 0 Å². The molecule has 5 nitrogen and oxygen atoms in total. The maximum Gasteiger partial charge on any atom is 0.254 e. The number of halogens is 1. The van der Waals surface area contributed by atoms with E-state index in [4.69, 9.17) is 4.74 Å². The second kappa shape index (κ2) is 8.54. The lowest BCUT2D eigenvalue weighted by Gasteiger charge is -2.30. The molecule has 0 saturated heterocycles. The molecule has 0 aromatic heterocycles. The van der Waals surface area contributed by atoms with Crippen LogP contribution < -0.4 is 15.4 Å². The summed E-state index contributed by atoms with van der Waals surface area (Å²) in [5, 5.41) is 16.0. The van der Waals surface area contributed by atoms with Crippen LogP contribution in [-0.4, -0.2) is 13.0 Å². The first kappa shape index (κ1) is 20.7. The predicted octanol–water partition coefficient (Wildman–Crippen LogP) is 5.16.